The molecule has 0 heterocycles. The molecule has 0 aliphatic carbocycles. The Morgan fingerprint density at radius 1 is 0.842 bits per heavy atom. The number of hydrogen-bond acceptors (Lipinski definition) is 3. The van der Waals surface area contributed by atoms with E-state index in [1.165, 1.54) is 51.4 Å². The topological polar surface area (TPSA) is 30.5 Å². The van der Waals surface area contributed by atoms with Gasteiger partial charge in [-0.15, -0.1) is 0 Å². The molecule has 0 spiro atoms. The lowest BCUT2D eigenvalue weighted by atomic mass is 10.0. The summed E-state index contributed by atoms with van der Waals surface area (Å²) < 4.78 is 10.4. The monoisotopic (exact) mass is 273 g/mol. The fourth-order valence-corrected chi connectivity index (χ4v) is 2.21. The Labute approximate surface area is 120 Å². The van der Waals surface area contributed by atoms with Crippen LogP contribution in [0, 0.1) is 0 Å². The maximum atomic E-state index is 5.49. The van der Waals surface area contributed by atoms with Crippen molar-refractivity contribution in [1.29, 1.82) is 0 Å². The molecule has 0 bridgehead atoms. The minimum Gasteiger partial charge on any atom is -0.382 e. The van der Waals surface area contributed by atoms with Crippen LogP contribution >= 0.6 is 0 Å². The number of hydrogen-bond donors (Lipinski definition) is 1. The van der Waals surface area contributed by atoms with E-state index < -0.39 is 0 Å². The molecule has 0 saturated carbocycles. The minimum atomic E-state index is 0.684. The Balaban J connectivity index is 3.58. The van der Waals surface area contributed by atoms with Crippen molar-refractivity contribution >= 4 is 0 Å². The Kier molecular flexibility index (Phi) is 15.8. The summed E-state index contributed by atoms with van der Waals surface area (Å²) in [5.41, 5.74) is 0. The molecule has 0 aliphatic heterocycles. The van der Waals surface area contributed by atoms with Crippen molar-refractivity contribution in [3.63, 3.8) is 0 Å². The number of methoxy groups -OCH3 is 1. The van der Waals surface area contributed by atoms with Crippen molar-refractivity contribution in [2.75, 3.05) is 33.5 Å². The van der Waals surface area contributed by atoms with E-state index in [9.17, 15) is 0 Å². The van der Waals surface area contributed by atoms with Gasteiger partial charge in [0.2, 0.25) is 0 Å². The second-order valence-electron chi connectivity index (χ2n) is 5.25. The Morgan fingerprint density at radius 3 is 2.00 bits per heavy atom. The normalized spacial score (nSPS) is 11.4. The predicted octanol–water partition coefficient (Wildman–Crippen LogP) is 3.77. The van der Waals surface area contributed by atoms with Gasteiger partial charge in [0.1, 0.15) is 0 Å². The fraction of sp³-hybridized carbons (Fsp3) is 1.00. The van der Waals surface area contributed by atoms with Crippen LogP contribution < -0.4 is 5.32 Å². The summed E-state index contributed by atoms with van der Waals surface area (Å²) in [6.07, 6.45) is 10.7. The van der Waals surface area contributed by atoms with Gasteiger partial charge in [0.15, 0.2) is 0 Å². The first-order chi connectivity index (χ1) is 9.35. The molecule has 0 aliphatic rings. The molecule has 0 amide bonds. The van der Waals surface area contributed by atoms with Gasteiger partial charge in [-0.3, -0.25) is 0 Å². The van der Waals surface area contributed by atoms with Crippen LogP contribution in [0.5, 0.6) is 0 Å². The second kappa shape index (κ2) is 15.9. The van der Waals surface area contributed by atoms with Crippen molar-refractivity contribution in [3.8, 4) is 0 Å². The van der Waals surface area contributed by atoms with Gasteiger partial charge in [0, 0.05) is 19.7 Å². The predicted molar refractivity (Wildman–Crippen MR) is 82.8 cm³/mol. The third-order valence-corrected chi connectivity index (χ3v) is 3.42. The molecule has 0 fully saturated rings. The van der Waals surface area contributed by atoms with Gasteiger partial charge >= 0.3 is 0 Å². The molecule has 0 aromatic carbocycles. The minimum absolute atomic E-state index is 0.684. The van der Waals surface area contributed by atoms with E-state index in [1.807, 2.05) is 0 Å². The molecular weight excluding hydrogens is 238 g/mol. The molecule has 0 aromatic heterocycles. The summed E-state index contributed by atoms with van der Waals surface area (Å²) in [5, 5.41) is 3.65. The molecule has 1 N–H and O–H groups in total. The van der Waals surface area contributed by atoms with E-state index in [1.54, 1.807) is 7.11 Å². The lowest BCUT2D eigenvalue weighted by molar-refractivity contribution is 0.0707. The van der Waals surface area contributed by atoms with Gasteiger partial charge in [0.25, 0.3) is 0 Å². The Morgan fingerprint density at radius 2 is 1.47 bits per heavy atom. The van der Waals surface area contributed by atoms with E-state index >= 15 is 0 Å². The maximum absolute atomic E-state index is 5.49. The zero-order valence-corrected chi connectivity index (χ0v) is 13.4. The molecule has 0 rings (SSSR count). The van der Waals surface area contributed by atoms with Gasteiger partial charge < -0.3 is 14.8 Å². The van der Waals surface area contributed by atoms with Crippen molar-refractivity contribution < 1.29 is 9.47 Å². The van der Waals surface area contributed by atoms with E-state index in [0.29, 0.717) is 19.3 Å². The van der Waals surface area contributed by atoms with E-state index in [-0.39, 0.29) is 0 Å². The van der Waals surface area contributed by atoms with Crippen LogP contribution in [0.2, 0.25) is 0 Å². The van der Waals surface area contributed by atoms with Crippen molar-refractivity contribution in [3.05, 3.63) is 0 Å². The van der Waals surface area contributed by atoms with Crippen LogP contribution in [0.3, 0.4) is 0 Å². The quantitative estimate of drug-likeness (QED) is 0.461. The molecule has 0 radical (unpaired) electrons. The summed E-state index contributed by atoms with van der Waals surface area (Å²) in [7, 11) is 1.71. The summed E-state index contributed by atoms with van der Waals surface area (Å²) in [4.78, 5) is 0. The van der Waals surface area contributed by atoms with Crippen molar-refractivity contribution in [1.82, 2.24) is 5.32 Å². The molecular formula is C16H35NO2. The molecule has 0 atom stereocenters. The summed E-state index contributed by atoms with van der Waals surface area (Å²) in [6, 6.07) is 0.684. The Hall–Kier alpha value is -0.120. The van der Waals surface area contributed by atoms with E-state index in [0.717, 1.165) is 13.2 Å². The lowest BCUT2D eigenvalue weighted by Gasteiger charge is -2.18. The first-order valence-electron chi connectivity index (χ1n) is 8.15. The van der Waals surface area contributed by atoms with Crippen LogP contribution in [0.4, 0.5) is 0 Å². The summed E-state index contributed by atoms with van der Waals surface area (Å²) in [6.45, 7) is 7.69. The zero-order valence-electron chi connectivity index (χ0n) is 13.4. The average Bonchev–Trinajstić information content (AvgIpc) is 2.42. The molecule has 116 valence electrons. The summed E-state index contributed by atoms with van der Waals surface area (Å²) >= 11 is 0. The van der Waals surface area contributed by atoms with Gasteiger partial charge in [-0.05, 0) is 12.8 Å². The Bertz CT molecular complexity index is 155. The van der Waals surface area contributed by atoms with Crippen LogP contribution in [0.1, 0.15) is 65.2 Å². The van der Waals surface area contributed by atoms with Gasteiger partial charge in [-0.2, -0.15) is 0 Å². The first kappa shape index (κ1) is 18.9. The number of nitrogens with one attached hydrogen (secondary N) is 1. The fourth-order valence-electron chi connectivity index (χ4n) is 2.21. The molecule has 3 nitrogen and oxygen atoms in total. The molecule has 0 aromatic rings. The van der Waals surface area contributed by atoms with Gasteiger partial charge in [0.05, 0.1) is 19.8 Å². The number of unbranched alkanes of at least 4 members (excludes halogenated alkanes) is 4. The smallest absolute Gasteiger partial charge is 0.0700 e. The first-order valence-corrected chi connectivity index (χ1v) is 8.15. The van der Waals surface area contributed by atoms with Crippen LogP contribution in [-0.4, -0.2) is 39.5 Å². The van der Waals surface area contributed by atoms with Gasteiger partial charge in [-0.1, -0.05) is 52.4 Å². The van der Waals surface area contributed by atoms with Crippen LogP contribution in [-0.2, 0) is 9.47 Å². The average molecular weight is 273 g/mol. The third-order valence-electron chi connectivity index (χ3n) is 3.42. The molecule has 19 heavy (non-hydrogen) atoms. The standard InChI is InChI=1S/C16H35NO2/c1-4-6-8-10-16(11-9-7-5-2)17-12-13-19-15-14-18-3/h16-17H,4-15H2,1-3H3. The van der Waals surface area contributed by atoms with Crippen molar-refractivity contribution in [2.24, 2.45) is 0 Å². The van der Waals surface area contributed by atoms with Crippen LogP contribution in [0.25, 0.3) is 0 Å². The summed E-state index contributed by atoms with van der Waals surface area (Å²) in [5.74, 6) is 0. The maximum Gasteiger partial charge on any atom is 0.0700 e. The van der Waals surface area contributed by atoms with Crippen LogP contribution in [0.15, 0.2) is 0 Å². The molecule has 0 saturated heterocycles. The third kappa shape index (κ3) is 14.1. The van der Waals surface area contributed by atoms with E-state index in [2.05, 4.69) is 19.2 Å². The highest BCUT2D eigenvalue weighted by Crippen LogP contribution is 2.10. The van der Waals surface area contributed by atoms with E-state index in [4.69, 9.17) is 9.47 Å². The second-order valence-corrected chi connectivity index (χ2v) is 5.25. The molecule has 0 unspecified atom stereocenters. The number of ether oxygens (including phenoxy) is 2. The molecule has 3 heteroatoms. The lowest BCUT2D eigenvalue weighted by Crippen LogP contribution is -2.32. The highest BCUT2D eigenvalue weighted by Gasteiger charge is 2.07. The highest BCUT2D eigenvalue weighted by molar-refractivity contribution is 4.67. The van der Waals surface area contributed by atoms with Gasteiger partial charge in [-0.25, -0.2) is 0 Å². The highest BCUT2D eigenvalue weighted by atomic mass is 16.5. The largest absolute Gasteiger partial charge is 0.382 e. The SMILES string of the molecule is CCCCCC(CCCCC)NCCOCCOC. The number of rotatable bonds is 15. The zero-order chi connectivity index (χ0) is 14.2. The van der Waals surface area contributed by atoms with Crippen molar-refractivity contribution in [2.45, 2.75) is 71.3 Å².